The van der Waals surface area contributed by atoms with Gasteiger partial charge < -0.3 is 16.0 Å². The molecule has 3 rings (SSSR count). The molecule has 1 unspecified atom stereocenters. The number of nitrogens with zero attached hydrogens (tertiary/aromatic N) is 1. The van der Waals surface area contributed by atoms with Crippen molar-refractivity contribution in [2.24, 2.45) is 0 Å². The normalized spacial score (nSPS) is 14.6. The van der Waals surface area contributed by atoms with Crippen molar-refractivity contribution in [3.8, 4) is 0 Å². The summed E-state index contributed by atoms with van der Waals surface area (Å²) in [5.74, 6) is 0.179. The molecular weight excluding hydrogens is 362 g/mol. The van der Waals surface area contributed by atoms with Crippen LogP contribution in [0.15, 0.2) is 48.5 Å². The van der Waals surface area contributed by atoms with Gasteiger partial charge in [-0.3, -0.25) is 9.59 Å². The van der Waals surface area contributed by atoms with Crippen molar-refractivity contribution in [1.29, 1.82) is 0 Å². The molecule has 0 aromatic heterocycles. The van der Waals surface area contributed by atoms with E-state index in [0.717, 1.165) is 35.5 Å². The number of hydrogen-bond acceptors (Lipinski definition) is 3. The van der Waals surface area contributed by atoms with Crippen LogP contribution in [0.25, 0.3) is 0 Å². The van der Waals surface area contributed by atoms with E-state index in [-0.39, 0.29) is 30.3 Å². The largest absolute Gasteiger partial charge is 0.399 e. The van der Waals surface area contributed by atoms with Gasteiger partial charge >= 0.3 is 0 Å². The third-order valence-corrected chi connectivity index (χ3v) is 4.83. The van der Waals surface area contributed by atoms with Gasteiger partial charge in [0, 0.05) is 30.8 Å². The molecule has 144 valence electrons. The molecule has 1 atom stereocenters. The number of carbonyl (C=O) groups is 2. The molecule has 0 aliphatic carbocycles. The number of nitrogens with one attached hydrogen (secondary N) is 1. The number of para-hydroxylation sites is 1. The fourth-order valence-corrected chi connectivity index (χ4v) is 3.27. The van der Waals surface area contributed by atoms with E-state index >= 15 is 0 Å². The van der Waals surface area contributed by atoms with E-state index in [1.54, 1.807) is 0 Å². The van der Waals surface area contributed by atoms with E-state index in [0.29, 0.717) is 19.3 Å². The summed E-state index contributed by atoms with van der Waals surface area (Å²) in [5, 5.41) is 3.02. The van der Waals surface area contributed by atoms with Gasteiger partial charge in [0.2, 0.25) is 11.8 Å². The molecule has 1 aliphatic heterocycles. The molecule has 2 aromatic carbocycles. The monoisotopic (exact) mass is 387 g/mol. The molecule has 0 spiro atoms. The molecule has 2 aromatic rings. The number of rotatable bonds is 6. The second kappa shape index (κ2) is 9.42. The minimum absolute atomic E-state index is 0. The second-order valence-corrected chi connectivity index (χ2v) is 6.73. The second-order valence-electron chi connectivity index (χ2n) is 6.73. The lowest BCUT2D eigenvalue weighted by Gasteiger charge is -2.18. The van der Waals surface area contributed by atoms with Crippen molar-refractivity contribution in [3.63, 3.8) is 0 Å². The zero-order valence-corrected chi connectivity index (χ0v) is 16.3. The Balaban J connectivity index is 0.00000261. The number of hydrogen-bond donors (Lipinski definition) is 2. The van der Waals surface area contributed by atoms with Crippen LogP contribution in [0, 0.1) is 0 Å². The maximum absolute atomic E-state index is 12.2. The Bertz CT molecular complexity index is 792. The van der Waals surface area contributed by atoms with Crippen LogP contribution in [-0.2, 0) is 16.0 Å². The van der Waals surface area contributed by atoms with Crippen LogP contribution in [0.3, 0.4) is 0 Å². The van der Waals surface area contributed by atoms with Crippen LogP contribution in [0.1, 0.15) is 43.4 Å². The molecule has 5 nitrogen and oxygen atoms in total. The molecule has 27 heavy (non-hydrogen) atoms. The number of nitrogens with two attached hydrogens (primary N) is 1. The number of carbonyl (C=O) groups excluding carboxylic acids is 2. The first-order valence-electron chi connectivity index (χ1n) is 9.07. The topological polar surface area (TPSA) is 75.4 Å². The first-order valence-corrected chi connectivity index (χ1v) is 9.07. The fraction of sp³-hybridized carbons (Fsp3) is 0.333. The lowest BCUT2D eigenvalue weighted by atomic mass is 10.1. The summed E-state index contributed by atoms with van der Waals surface area (Å²) in [6, 6.07) is 15.4. The van der Waals surface area contributed by atoms with Crippen molar-refractivity contribution in [2.45, 2.75) is 38.6 Å². The number of anilines is 2. The summed E-state index contributed by atoms with van der Waals surface area (Å²) < 4.78 is 0. The van der Waals surface area contributed by atoms with Gasteiger partial charge in [-0.05, 0) is 49.1 Å². The van der Waals surface area contributed by atoms with E-state index in [2.05, 4.69) is 5.32 Å². The summed E-state index contributed by atoms with van der Waals surface area (Å²) in [4.78, 5) is 25.9. The van der Waals surface area contributed by atoms with Crippen LogP contribution >= 0.6 is 12.4 Å². The molecule has 2 amide bonds. The quantitative estimate of drug-likeness (QED) is 0.743. The SMILES string of the molecule is CC(NC(=O)CCc1ccccc1N)c1ccc(N2CCCC2=O)cc1.Cl. The van der Waals surface area contributed by atoms with Crippen molar-refractivity contribution >= 4 is 35.6 Å². The molecule has 0 bridgehead atoms. The molecule has 1 aliphatic rings. The highest BCUT2D eigenvalue weighted by Gasteiger charge is 2.21. The van der Waals surface area contributed by atoms with Crippen LogP contribution in [0.2, 0.25) is 0 Å². The lowest BCUT2D eigenvalue weighted by Crippen LogP contribution is -2.27. The fourth-order valence-electron chi connectivity index (χ4n) is 3.27. The third kappa shape index (κ3) is 5.23. The number of amides is 2. The van der Waals surface area contributed by atoms with Gasteiger partial charge in [0.1, 0.15) is 0 Å². The van der Waals surface area contributed by atoms with E-state index in [1.807, 2.05) is 60.4 Å². The van der Waals surface area contributed by atoms with Gasteiger partial charge in [0.15, 0.2) is 0 Å². The first kappa shape index (κ1) is 20.8. The summed E-state index contributed by atoms with van der Waals surface area (Å²) in [7, 11) is 0. The van der Waals surface area contributed by atoms with Crippen molar-refractivity contribution < 1.29 is 9.59 Å². The van der Waals surface area contributed by atoms with Crippen molar-refractivity contribution in [1.82, 2.24) is 5.32 Å². The molecular formula is C21H26ClN3O2. The summed E-state index contributed by atoms with van der Waals surface area (Å²) in [5.41, 5.74) is 9.58. The standard InChI is InChI=1S/C21H25N3O2.ClH/c1-15(23-20(25)13-10-17-5-2-3-6-19(17)22)16-8-11-18(12-9-16)24-14-4-7-21(24)26;/h2-3,5-6,8-9,11-12,15H,4,7,10,13-14,22H2,1H3,(H,23,25);1H. The summed E-state index contributed by atoms with van der Waals surface area (Å²) >= 11 is 0. The zero-order valence-electron chi connectivity index (χ0n) is 15.5. The number of benzene rings is 2. The van der Waals surface area contributed by atoms with Gasteiger partial charge in [-0.2, -0.15) is 0 Å². The van der Waals surface area contributed by atoms with Gasteiger partial charge in [0.25, 0.3) is 0 Å². The van der Waals surface area contributed by atoms with Gasteiger partial charge in [-0.1, -0.05) is 30.3 Å². The van der Waals surface area contributed by atoms with Crippen molar-refractivity contribution in [2.75, 3.05) is 17.2 Å². The highest BCUT2D eigenvalue weighted by atomic mass is 35.5. The Morgan fingerprint density at radius 3 is 2.52 bits per heavy atom. The molecule has 3 N–H and O–H groups in total. The molecule has 0 saturated carbocycles. The number of nitrogen functional groups attached to an aromatic ring is 1. The highest BCUT2D eigenvalue weighted by molar-refractivity contribution is 5.95. The molecule has 1 fully saturated rings. The third-order valence-electron chi connectivity index (χ3n) is 4.83. The zero-order chi connectivity index (χ0) is 18.5. The Kier molecular flexibility index (Phi) is 7.25. The Hall–Kier alpha value is -2.53. The lowest BCUT2D eigenvalue weighted by molar-refractivity contribution is -0.121. The smallest absolute Gasteiger partial charge is 0.227 e. The van der Waals surface area contributed by atoms with Crippen LogP contribution in [0.5, 0.6) is 0 Å². The van der Waals surface area contributed by atoms with Crippen LogP contribution in [-0.4, -0.2) is 18.4 Å². The summed E-state index contributed by atoms with van der Waals surface area (Å²) in [6.45, 7) is 2.75. The predicted octanol–water partition coefficient (Wildman–Crippen LogP) is 3.63. The van der Waals surface area contributed by atoms with E-state index in [9.17, 15) is 9.59 Å². The van der Waals surface area contributed by atoms with Crippen molar-refractivity contribution in [3.05, 3.63) is 59.7 Å². The molecule has 6 heteroatoms. The summed E-state index contributed by atoms with van der Waals surface area (Å²) in [6.07, 6.45) is 2.57. The van der Waals surface area contributed by atoms with E-state index in [4.69, 9.17) is 5.73 Å². The Morgan fingerprint density at radius 2 is 1.89 bits per heavy atom. The Labute approximate surface area is 166 Å². The highest BCUT2D eigenvalue weighted by Crippen LogP contribution is 2.23. The number of aryl methyl sites for hydroxylation is 1. The number of halogens is 1. The first-order chi connectivity index (χ1) is 12.5. The minimum atomic E-state index is -0.0843. The molecule has 0 radical (unpaired) electrons. The van der Waals surface area contributed by atoms with E-state index < -0.39 is 0 Å². The van der Waals surface area contributed by atoms with Crippen LogP contribution < -0.4 is 16.0 Å². The molecule has 1 heterocycles. The maximum atomic E-state index is 12.2. The predicted molar refractivity (Wildman–Crippen MR) is 111 cm³/mol. The van der Waals surface area contributed by atoms with E-state index in [1.165, 1.54) is 0 Å². The Morgan fingerprint density at radius 1 is 1.19 bits per heavy atom. The van der Waals surface area contributed by atoms with Gasteiger partial charge in [-0.15, -0.1) is 12.4 Å². The van der Waals surface area contributed by atoms with Gasteiger partial charge in [-0.25, -0.2) is 0 Å². The molecule has 1 saturated heterocycles. The van der Waals surface area contributed by atoms with Gasteiger partial charge in [0.05, 0.1) is 6.04 Å². The maximum Gasteiger partial charge on any atom is 0.227 e. The minimum Gasteiger partial charge on any atom is -0.399 e. The average molecular weight is 388 g/mol. The average Bonchev–Trinajstić information content (AvgIpc) is 3.07. The van der Waals surface area contributed by atoms with Crippen LogP contribution in [0.4, 0.5) is 11.4 Å².